The molecule has 0 atom stereocenters. The average molecular weight is 242 g/mol. The number of nitrogens with zero attached hydrogens (tertiary/aromatic N) is 2. The monoisotopic (exact) mass is 242 g/mol. The zero-order valence-corrected chi connectivity index (χ0v) is 11.4. The molecule has 1 heterocycles. The minimum Gasteiger partial charge on any atom is -0.299 e. The number of hydrogen-bond donors (Lipinski definition) is 0. The maximum atomic E-state index is 9.09. The Balaban J connectivity index is 1.94. The van der Waals surface area contributed by atoms with Crippen molar-refractivity contribution in [2.24, 2.45) is 11.8 Å². The predicted molar refractivity (Wildman–Crippen MR) is 74.0 cm³/mol. The zero-order chi connectivity index (χ0) is 13.0. The molecule has 0 aromatic heterocycles. The molecule has 0 aliphatic carbocycles. The van der Waals surface area contributed by atoms with E-state index in [1.54, 1.807) is 0 Å². The lowest BCUT2D eigenvalue weighted by Gasteiger charge is -2.34. The van der Waals surface area contributed by atoms with Crippen LogP contribution in [-0.4, -0.2) is 18.0 Å². The van der Waals surface area contributed by atoms with Gasteiger partial charge in [-0.1, -0.05) is 32.0 Å². The second kappa shape index (κ2) is 6.02. The average Bonchev–Trinajstić information content (AvgIpc) is 2.40. The van der Waals surface area contributed by atoms with Crippen LogP contribution in [0.15, 0.2) is 24.3 Å². The first-order valence-corrected chi connectivity index (χ1v) is 6.91. The first kappa shape index (κ1) is 13.1. The van der Waals surface area contributed by atoms with E-state index in [-0.39, 0.29) is 0 Å². The van der Waals surface area contributed by atoms with Gasteiger partial charge in [0, 0.05) is 6.54 Å². The van der Waals surface area contributed by atoms with Gasteiger partial charge in [-0.3, -0.25) is 4.90 Å². The Bertz CT molecular complexity index is 423. The standard InChI is InChI=1S/C16H22N2/c1-13(2)14-7-9-18(10-8-14)12-16-6-4-3-5-15(16)11-17/h3-6,13-14H,7-10,12H2,1-2H3. The van der Waals surface area contributed by atoms with Crippen LogP contribution in [-0.2, 0) is 6.54 Å². The molecule has 2 nitrogen and oxygen atoms in total. The highest BCUT2D eigenvalue weighted by Gasteiger charge is 2.21. The number of benzene rings is 1. The molecular formula is C16H22N2. The second-order valence-electron chi connectivity index (χ2n) is 5.63. The lowest BCUT2D eigenvalue weighted by atomic mass is 9.86. The number of likely N-dealkylation sites (tertiary alicyclic amines) is 1. The molecule has 1 aliphatic rings. The summed E-state index contributed by atoms with van der Waals surface area (Å²) in [6.45, 7) is 7.91. The molecule has 0 N–H and O–H groups in total. The van der Waals surface area contributed by atoms with Crippen molar-refractivity contribution < 1.29 is 0 Å². The third-order valence-electron chi connectivity index (χ3n) is 4.11. The fraction of sp³-hybridized carbons (Fsp3) is 0.562. The highest BCUT2D eigenvalue weighted by molar-refractivity contribution is 5.37. The third-order valence-corrected chi connectivity index (χ3v) is 4.11. The van der Waals surface area contributed by atoms with E-state index in [0.29, 0.717) is 0 Å². The quantitative estimate of drug-likeness (QED) is 0.812. The van der Waals surface area contributed by atoms with Gasteiger partial charge in [0.05, 0.1) is 11.6 Å². The Morgan fingerprint density at radius 3 is 2.56 bits per heavy atom. The largest absolute Gasteiger partial charge is 0.299 e. The minimum atomic E-state index is 0.804. The fourth-order valence-corrected chi connectivity index (χ4v) is 2.79. The molecular weight excluding hydrogens is 220 g/mol. The first-order chi connectivity index (χ1) is 8.70. The van der Waals surface area contributed by atoms with Crippen LogP contribution in [0.2, 0.25) is 0 Å². The molecule has 0 radical (unpaired) electrons. The highest BCUT2D eigenvalue weighted by atomic mass is 15.1. The molecule has 1 saturated heterocycles. The van der Waals surface area contributed by atoms with Crippen LogP contribution in [0, 0.1) is 23.2 Å². The van der Waals surface area contributed by atoms with E-state index < -0.39 is 0 Å². The SMILES string of the molecule is CC(C)C1CCN(Cc2ccccc2C#N)CC1. The summed E-state index contributed by atoms with van der Waals surface area (Å²) in [6.07, 6.45) is 2.60. The first-order valence-electron chi connectivity index (χ1n) is 6.91. The Morgan fingerprint density at radius 2 is 1.94 bits per heavy atom. The highest BCUT2D eigenvalue weighted by Crippen LogP contribution is 2.25. The van der Waals surface area contributed by atoms with Gasteiger partial charge in [0.15, 0.2) is 0 Å². The van der Waals surface area contributed by atoms with Gasteiger partial charge >= 0.3 is 0 Å². The number of hydrogen-bond acceptors (Lipinski definition) is 2. The summed E-state index contributed by atoms with van der Waals surface area (Å²) in [7, 11) is 0. The van der Waals surface area contributed by atoms with Crippen molar-refractivity contribution in [3.8, 4) is 6.07 Å². The van der Waals surface area contributed by atoms with Gasteiger partial charge in [-0.05, 0) is 49.4 Å². The van der Waals surface area contributed by atoms with Crippen molar-refractivity contribution in [3.63, 3.8) is 0 Å². The molecule has 0 saturated carbocycles. The van der Waals surface area contributed by atoms with Gasteiger partial charge in [0.2, 0.25) is 0 Å². The summed E-state index contributed by atoms with van der Waals surface area (Å²) in [5.74, 6) is 1.69. The third kappa shape index (κ3) is 3.11. The predicted octanol–water partition coefficient (Wildman–Crippen LogP) is 3.43. The Morgan fingerprint density at radius 1 is 1.28 bits per heavy atom. The molecule has 0 spiro atoms. The normalized spacial score (nSPS) is 17.9. The van der Waals surface area contributed by atoms with Crippen molar-refractivity contribution in [2.45, 2.75) is 33.2 Å². The number of piperidine rings is 1. The van der Waals surface area contributed by atoms with Crippen LogP contribution in [0.1, 0.15) is 37.8 Å². The molecule has 0 amide bonds. The maximum Gasteiger partial charge on any atom is 0.0995 e. The molecule has 2 rings (SSSR count). The Hall–Kier alpha value is -1.33. The van der Waals surface area contributed by atoms with Crippen molar-refractivity contribution in [2.75, 3.05) is 13.1 Å². The molecule has 1 aromatic rings. The van der Waals surface area contributed by atoms with Crippen molar-refractivity contribution in [1.29, 1.82) is 5.26 Å². The summed E-state index contributed by atoms with van der Waals surface area (Å²) < 4.78 is 0. The van der Waals surface area contributed by atoms with Gasteiger partial charge in [-0.25, -0.2) is 0 Å². The minimum absolute atomic E-state index is 0.804. The topological polar surface area (TPSA) is 27.0 Å². The van der Waals surface area contributed by atoms with Crippen LogP contribution in [0.25, 0.3) is 0 Å². The van der Waals surface area contributed by atoms with E-state index in [9.17, 15) is 0 Å². The Labute approximate surface area is 110 Å². The molecule has 1 fully saturated rings. The second-order valence-corrected chi connectivity index (χ2v) is 5.63. The van der Waals surface area contributed by atoms with Crippen molar-refractivity contribution in [3.05, 3.63) is 35.4 Å². The smallest absolute Gasteiger partial charge is 0.0995 e. The van der Waals surface area contributed by atoms with E-state index in [0.717, 1.165) is 23.9 Å². The van der Waals surface area contributed by atoms with Crippen LogP contribution in [0.4, 0.5) is 0 Å². The lowest BCUT2D eigenvalue weighted by molar-refractivity contribution is 0.152. The van der Waals surface area contributed by atoms with Crippen LogP contribution < -0.4 is 0 Å². The molecule has 18 heavy (non-hydrogen) atoms. The van der Waals surface area contributed by atoms with E-state index in [1.165, 1.54) is 31.5 Å². The van der Waals surface area contributed by atoms with E-state index >= 15 is 0 Å². The van der Waals surface area contributed by atoms with Crippen LogP contribution in [0.5, 0.6) is 0 Å². The fourth-order valence-electron chi connectivity index (χ4n) is 2.79. The van der Waals surface area contributed by atoms with Gasteiger partial charge in [0.1, 0.15) is 0 Å². The van der Waals surface area contributed by atoms with Crippen LogP contribution >= 0.6 is 0 Å². The van der Waals surface area contributed by atoms with Crippen molar-refractivity contribution in [1.82, 2.24) is 4.90 Å². The summed E-state index contributed by atoms with van der Waals surface area (Å²) in [6, 6.07) is 10.2. The van der Waals surface area contributed by atoms with Crippen LogP contribution in [0.3, 0.4) is 0 Å². The molecule has 1 aromatic carbocycles. The van der Waals surface area contributed by atoms with E-state index in [4.69, 9.17) is 5.26 Å². The molecule has 0 bridgehead atoms. The van der Waals surface area contributed by atoms with Gasteiger partial charge in [-0.2, -0.15) is 5.26 Å². The molecule has 0 unspecified atom stereocenters. The van der Waals surface area contributed by atoms with E-state index in [1.807, 2.05) is 18.2 Å². The molecule has 1 aliphatic heterocycles. The summed E-state index contributed by atoms with van der Waals surface area (Å²) >= 11 is 0. The number of nitriles is 1. The molecule has 2 heteroatoms. The molecule has 96 valence electrons. The zero-order valence-electron chi connectivity index (χ0n) is 11.4. The van der Waals surface area contributed by atoms with Gasteiger partial charge in [-0.15, -0.1) is 0 Å². The number of rotatable bonds is 3. The van der Waals surface area contributed by atoms with Gasteiger partial charge in [0.25, 0.3) is 0 Å². The summed E-state index contributed by atoms with van der Waals surface area (Å²) in [5.41, 5.74) is 1.99. The summed E-state index contributed by atoms with van der Waals surface area (Å²) in [4.78, 5) is 2.48. The maximum absolute atomic E-state index is 9.09. The van der Waals surface area contributed by atoms with Gasteiger partial charge < -0.3 is 0 Å². The van der Waals surface area contributed by atoms with Crippen molar-refractivity contribution >= 4 is 0 Å². The summed E-state index contributed by atoms with van der Waals surface area (Å²) in [5, 5.41) is 9.09. The Kier molecular flexibility index (Phi) is 4.38. The lowest BCUT2D eigenvalue weighted by Crippen LogP contribution is -2.34. The van der Waals surface area contributed by atoms with E-state index in [2.05, 4.69) is 30.9 Å².